The van der Waals surface area contributed by atoms with Gasteiger partial charge in [-0.05, 0) is 156 Å². The molecular formula is C106H104N4O2S6. The van der Waals surface area contributed by atoms with E-state index in [4.69, 9.17) is 0 Å². The van der Waals surface area contributed by atoms with Crippen molar-refractivity contribution in [3.63, 3.8) is 0 Å². The van der Waals surface area contributed by atoms with Crippen LogP contribution in [0.2, 0.25) is 0 Å². The van der Waals surface area contributed by atoms with Crippen LogP contribution in [0, 0.1) is 45.3 Å². The van der Waals surface area contributed by atoms with Crippen molar-refractivity contribution in [3.8, 4) is 43.8 Å². The molecule has 4 aliphatic rings. The van der Waals surface area contributed by atoms with E-state index in [1.54, 1.807) is 22.7 Å². The molecule has 6 nitrogen and oxygen atoms in total. The Morgan fingerprint density at radius 1 is 0.297 bits per heavy atom. The maximum Gasteiger partial charge on any atom is 0.194 e. The third kappa shape index (κ3) is 14.7. The fraction of sp³-hybridized carbons (Fsp3) is 0.358. The van der Waals surface area contributed by atoms with Crippen molar-refractivity contribution in [1.29, 1.82) is 21.0 Å². The molecule has 0 radical (unpaired) electrons. The second kappa shape index (κ2) is 36.6. The number of carbonyl (C=O) groups excluding carboxylic acids is 2. The minimum Gasteiger partial charge on any atom is -0.289 e. The van der Waals surface area contributed by atoms with Gasteiger partial charge in [0.1, 0.15) is 35.4 Å². The monoisotopic (exact) mass is 1660 g/mol. The van der Waals surface area contributed by atoms with Crippen LogP contribution in [0.5, 0.6) is 0 Å². The third-order valence-electron chi connectivity index (χ3n) is 25.5. The minimum atomic E-state index is -0.828. The summed E-state index contributed by atoms with van der Waals surface area (Å²) in [5.41, 5.74) is 20.4. The van der Waals surface area contributed by atoms with Crippen LogP contribution >= 0.6 is 68.0 Å². The van der Waals surface area contributed by atoms with Gasteiger partial charge in [-0.2, -0.15) is 21.0 Å². The Morgan fingerprint density at radius 2 is 0.542 bits per heavy atom. The van der Waals surface area contributed by atoms with Gasteiger partial charge in [-0.1, -0.05) is 303 Å². The van der Waals surface area contributed by atoms with Gasteiger partial charge in [0.25, 0.3) is 0 Å². The molecule has 0 unspecified atom stereocenters. The van der Waals surface area contributed by atoms with Crippen LogP contribution in [0.3, 0.4) is 0 Å². The number of ketones is 2. The zero-order chi connectivity index (χ0) is 81.6. The Labute approximate surface area is 722 Å². The average Bonchev–Trinajstić information content (AvgIpc) is 1.47. The summed E-state index contributed by atoms with van der Waals surface area (Å²) in [5, 5.41) is 42.8. The molecule has 0 N–H and O–H groups in total. The number of benzene rings is 6. The van der Waals surface area contributed by atoms with Crippen LogP contribution in [-0.4, -0.2) is 11.6 Å². The molecule has 0 spiro atoms. The minimum absolute atomic E-state index is 0.0526. The second-order valence-electron chi connectivity index (χ2n) is 33.1. The van der Waals surface area contributed by atoms with Gasteiger partial charge in [0.2, 0.25) is 0 Å². The number of carbonyl (C=O) groups is 2. The van der Waals surface area contributed by atoms with Crippen LogP contribution < -0.4 is 0 Å². The molecule has 12 aromatic rings. The van der Waals surface area contributed by atoms with Crippen LogP contribution in [0.25, 0.3) is 71.0 Å². The number of Topliss-reactive ketones (excluding diaryl/α,β-unsaturated/α-hetero) is 2. The van der Waals surface area contributed by atoms with Crippen molar-refractivity contribution >= 4 is 131 Å². The van der Waals surface area contributed by atoms with E-state index < -0.39 is 10.8 Å². The molecule has 0 amide bonds. The molecule has 16 rings (SSSR count). The average molecular weight is 1660 g/mol. The zero-order valence-electron chi connectivity index (χ0n) is 69.3. The lowest BCUT2D eigenvalue weighted by molar-refractivity contribution is 0.103. The quantitative estimate of drug-likeness (QED) is 0.0218. The van der Waals surface area contributed by atoms with E-state index in [0.29, 0.717) is 44.5 Å². The molecule has 6 aromatic carbocycles. The smallest absolute Gasteiger partial charge is 0.194 e. The van der Waals surface area contributed by atoms with Gasteiger partial charge in [0.15, 0.2) is 11.6 Å². The number of aryl methyl sites for hydroxylation is 6. The Bertz CT molecular complexity index is 5600. The van der Waals surface area contributed by atoms with E-state index in [2.05, 4.69) is 175 Å². The van der Waals surface area contributed by atoms with Crippen molar-refractivity contribution in [1.82, 2.24) is 0 Å². The van der Waals surface area contributed by atoms with Crippen molar-refractivity contribution in [2.75, 3.05) is 0 Å². The lowest BCUT2D eigenvalue weighted by atomic mass is 9.67. The number of nitrogens with zero attached hydrogens (tertiary/aromatic N) is 4. The largest absolute Gasteiger partial charge is 0.289 e. The molecule has 118 heavy (non-hydrogen) atoms. The highest BCUT2D eigenvalue weighted by molar-refractivity contribution is 7.37. The molecule has 6 aromatic heterocycles. The Hall–Kier alpha value is -9.44. The lowest BCUT2D eigenvalue weighted by Gasteiger charge is -2.34. The van der Waals surface area contributed by atoms with E-state index in [-0.39, 0.29) is 22.7 Å². The first-order chi connectivity index (χ1) is 58.0. The van der Waals surface area contributed by atoms with E-state index >= 15 is 9.59 Å². The summed E-state index contributed by atoms with van der Waals surface area (Å²) in [6, 6.07) is 63.4. The predicted octanol–water partition coefficient (Wildman–Crippen LogP) is 31.1. The summed E-state index contributed by atoms with van der Waals surface area (Å²) >= 11 is 11.5. The predicted molar refractivity (Wildman–Crippen MR) is 502 cm³/mol. The van der Waals surface area contributed by atoms with Crippen LogP contribution in [0.4, 0.5) is 0 Å². The third-order valence-corrected chi connectivity index (χ3v) is 33.5. The molecule has 0 atom stereocenters. The van der Waals surface area contributed by atoms with Gasteiger partial charge in [-0.15, -0.1) is 68.0 Å². The second-order valence-corrected chi connectivity index (χ2v) is 39.2. The SMILES string of the molecule is CCCCCCc1ccc(C2(c3ccc(CCCCCC)cc3)c3c(sc4c(CCCCCC)c(/C=C5\C(=O)c6ccccc6C5=C(C#N)C#N)sc34)-c3sc4c5c(sc4c32)-c2sc3c(CCCCCC)c(/C=C4\C(=O)c6ccccc6C4=C(C#N)C#N)sc3c2C5(c2ccc(CCCCCC)cc2)c2ccc(CCCCCC)cc2)cc1. The van der Waals surface area contributed by atoms with Crippen molar-refractivity contribution in [3.05, 3.63) is 278 Å². The lowest BCUT2D eigenvalue weighted by Crippen LogP contribution is -2.29. The first kappa shape index (κ1) is 82.3. The zero-order valence-corrected chi connectivity index (χ0v) is 74.2. The Kier molecular flexibility index (Phi) is 25.5. The summed E-state index contributed by atoms with van der Waals surface area (Å²) in [6.07, 6.45) is 37.3. The number of rotatable bonds is 36. The summed E-state index contributed by atoms with van der Waals surface area (Å²) in [7, 11) is 0. The molecule has 4 aliphatic carbocycles. The summed E-state index contributed by atoms with van der Waals surface area (Å²) in [4.78, 5) is 37.5. The highest BCUT2D eigenvalue weighted by Crippen LogP contribution is 2.73. The van der Waals surface area contributed by atoms with Gasteiger partial charge in [-0.25, -0.2) is 0 Å². The van der Waals surface area contributed by atoms with Crippen LogP contribution in [-0.2, 0) is 49.4 Å². The molecule has 0 saturated heterocycles. The molecule has 6 heterocycles. The summed E-state index contributed by atoms with van der Waals surface area (Å²) in [6.45, 7) is 13.7. The summed E-state index contributed by atoms with van der Waals surface area (Å²) in [5.74, 6) is -0.316. The molecule has 0 aliphatic heterocycles. The number of nitriles is 4. The van der Waals surface area contributed by atoms with Crippen LogP contribution in [0.1, 0.15) is 315 Å². The van der Waals surface area contributed by atoms with Crippen molar-refractivity contribution < 1.29 is 9.59 Å². The standard InChI is InChI=1S/C106H104N4O2S6/c1-7-13-19-25-35-67-45-53-73(54-46-67)105(74-55-47-68(48-56-74)36-26-20-14-8-2)89-97-95(81(43-29-23-17-11-5)85(113-97)61-83-87(71(63-107)64-108)77-39-31-33-41-79(77)93(83)111)115-99(89)101-91(105)103-104(117-101)92-102(118-103)100-90(106(92,75-57-49-69(50-58-75)37-27-21-15-9-3)76-59-51-70(52-60-76)38-28-22-16-10-4)98-96(116-100)82(44-30-24-18-12-6)86(114-98)62-84-88(72(65-109)66-110)78-40-32-34-42-80(78)94(84)112/h31-34,39-42,45-62H,7-30,35-38,43-44H2,1-6H3/b83-61-,84-62-. The number of allylic oxidation sites excluding steroid dienone is 6. The fourth-order valence-electron chi connectivity index (χ4n) is 19.5. The van der Waals surface area contributed by atoms with Gasteiger partial charge >= 0.3 is 0 Å². The van der Waals surface area contributed by atoms with E-state index in [9.17, 15) is 21.0 Å². The van der Waals surface area contributed by atoms with Gasteiger partial charge < -0.3 is 0 Å². The Morgan fingerprint density at radius 3 is 0.805 bits per heavy atom. The van der Waals surface area contributed by atoms with Gasteiger partial charge in [-0.3, -0.25) is 9.59 Å². The van der Waals surface area contributed by atoms with Gasteiger partial charge in [0, 0.05) is 74.8 Å². The summed E-state index contributed by atoms with van der Waals surface area (Å²) < 4.78 is 7.61. The number of unbranched alkanes of at least 4 members (excludes halogenated alkanes) is 18. The topological polar surface area (TPSA) is 129 Å². The Balaban J connectivity index is 1.02. The van der Waals surface area contributed by atoms with E-state index in [1.807, 2.05) is 93.9 Å². The maximum atomic E-state index is 15.1. The first-order valence-corrected chi connectivity index (χ1v) is 48.9. The number of thiophene rings is 6. The van der Waals surface area contributed by atoms with Gasteiger partial charge in [0.05, 0.1) is 49.1 Å². The van der Waals surface area contributed by atoms with Crippen molar-refractivity contribution in [2.45, 2.75) is 245 Å². The van der Waals surface area contributed by atoms with Crippen molar-refractivity contribution in [2.24, 2.45) is 0 Å². The maximum absolute atomic E-state index is 15.1. The van der Waals surface area contributed by atoms with Crippen LogP contribution in [0.15, 0.2) is 168 Å². The molecule has 0 fully saturated rings. The molecule has 12 heteroatoms. The number of fused-ring (bicyclic) bond motifs is 15. The van der Waals surface area contributed by atoms with E-state index in [0.717, 1.165) is 125 Å². The molecule has 0 saturated carbocycles. The molecule has 0 bridgehead atoms. The molecule has 596 valence electrons. The normalized spacial score (nSPS) is 14.7. The van der Waals surface area contributed by atoms with E-state index in [1.165, 1.54) is 203 Å². The molecular weight excluding hydrogens is 1550 g/mol. The number of hydrogen-bond donors (Lipinski definition) is 0. The highest BCUT2D eigenvalue weighted by Gasteiger charge is 2.57. The first-order valence-electron chi connectivity index (χ1n) is 44.0. The number of hydrogen-bond acceptors (Lipinski definition) is 12. The fourth-order valence-corrected chi connectivity index (χ4v) is 28.9. The highest BCUT2D eigenvalue weighted by atomic mass is 32.1.